The molecular formula is C33H31Cl2N3O3. The van der Waals surface area contributed by atoms with E-state index in [0.29, 0.717) is 33.3 Å². The molecule has 6 nitrogen and oxygen atoms in total. The van der Waals surface area contributed by atoms with Crippen LogP contribution < -0.4 is 10.2 Å². The van der Waals surface area contributed by atoms with E-state index in [0.717, 1.165) is 16.3 Å². The van der Waals surface area contributed by atoms with Crippen molar-refractivity contribution in [3.63, 3.8) is 0 Å². The molecule has 0 aliphatic carbocycles. The summed E-state index contributed by atoms with van der Waals surface area (Å²) in [7, 11) is 0. The summed E-state index contributed by atoms with van der Waals surface area (Å²) in [4.78, 5) is 44.6. The van der Waals surface area contributed by atoms with Crippen molar-refractivity contribution >= 4 is 57.4 Å². The number of anilines is 1. The molecule has 0 saturated carbocycles. The topological polar surface area (TPSA) is 69.7 Å². The number of carbonyl (C=O) groups is 3. The predicted molar refractivity (Wildman–Crippen MR) is 164 cm³/mol. The summed E-state index contributed by atoms with van der Waals surface area (Å²) in [6.07, 6.45) is 0.291. The molecule has 5 rings (SSSR count). The van der Waals surface area contributed by atoms with Crippen molar-refractivity contribution in [2.75, 3.05) is 11.4 Å². The van der Waals surface area contributed by atoms with Crippen molar-refractivity contribution in [1.29, 1.82) is 0 Å². The molecule has 0 aromatic heterocycles. The maximum Gasteiger partial charge on any atom is 0.259 e. The molecule has 0 radical (unpaired) electrons. The molecule has 1 atom stereocenters. The van der Waals surface area contributed by atoms with Gasteiger partial charge in [-0.3, -0.25) is 19.3 Å². The van der Waals surface area contributed by atoms with Gasteiger partial charge >= 0.3 is 0 Å². The molecule has 41 heavy (non-hydrogen) atoms. The Hall–Kier alpha value is -3.87. The highest BCUT2D eigenvalue weighted by molar-refractivity contribution is 6.42. The molecular weight excluding hydrogens is 557 g/mol. The van der Waals surface area contributed by atoms with Gasteiger partial charge in [0.15, 0.2) is 0 Å². The smallest absolute Gasteiger partial charge is 0.259 e. The van der Waals surface area contributed by atoms with E-state index in [1.165, 1.54) is 4.90 Å². The Balaban J connectivity index is 1.53. The Labute approximate surface area is 249 Å². The lowest BCUT2D eigenvalue weighted by molar-refractivity contribution is -0.140. The molecule has 1 aliphatic rings. The molecule has 3 amide bonds. The monoisotopic (exact) mass is 587 g/mol. The van der Waals surface area contributed by atoms with Crippen LogP contribution in [-0.2, 0) is 22.6 Å². The van der Waals surface area contributed by atoms with Crippen LogP contribution in [0.4, 0.5) is 5.69 Å². The first-order valence-corrected chi connectivity index (χ1v) is 14.2. The standard InChI is InChI=1S/C33H31Cl2N3O3/c1-33(2,3)36-31(40)28(18-21-9-5-4-6-10-21)37(19-22-15-16-25(34)26(35)17-22)29(39)20-38-27-14-8-12-23-11-7-13-24(30(23)27)32(38)41/h4-17,28H,18-20H2,1-3H3,(H,36,40)/t28-/m1/s1. The zero-order chi connectivity index (χ0) is 29.3. The van der Waals surface area contributed by atoms with Crippen LogP contribution in [0.2, 0.25) is 10.0 Å². The van der Waals surface area contributed by atoms with Gasteiger partial charge in [0.1, 0.15) is 12.6 Å². The summed E-state index contributed by atoms with van der Waals surface area (Å²) >= 11 is 12.5. The van der Waals surface area contributed by atoms with E-state index in [1.807, 2.05) is 81.4 Å². The number of rotatable bonds is 8. The van der Waals surface area contributed by atoms with Crippen LogP contribution in [0.5, 0.6) is 0 Å². The summed E-state index contributed by atoms with van der Waals surface area (Å²) in [5.41, 5.74) is 2.35. The van der Waals surface area contributed by atoms with Crippen molar-refractivity contribution in [1.82, 2.24) is 10.2 Å². The van der Waals surface area contributed by atoms with Gasteiger partial charge in [-0.25, -0.2) is 0 Å². The third kappa shape index (κ3) is 6.24. The van der Waals surface area contributed by atoms with Gasteiger partial charge in [0.05, 0.1) is 15.7 Å². The Morgan fingerprint density at radius 1 is 0.878 bits per heavy atom. The summed E-state index contributed by atoms with van der Waals surface area (Å²) in [6, 6.07) is 25.1. The van der Waals surface area contributed by atoms with Crippen LogP contribution in [0.3, 0.4) is 0 Å². The number of benzene rings is 4. The van der Waals surface area contributed by atoms with E-state index < -0.39 is 11.6 Å². The highest BCUT2D eigenvalue weighted by atomic mass is 35.5. The van der Waals surface area contributed by atoms with Gasteiger partial charge in [-0.2, -0.15) is 0 Å². The fourth-order valence-electron chi connectivity index (χ4n) is 5.20. The third-order valence-corrected chi connectivity index (χ3v) is 7.79. The van der Waals surface area contributed by atoms with Crippen LogP contribution in [0.1, 0.15) is 42.3 Å². The van der Waals surface area contributed by atoms with E-state index in [9.17, 15) is 14.4 Å². The minimum Gasteiger partial charge on any atom is -0.350 e. The van der Waals surface area contributed by atoms with Crippen LogP contribution in [-0.4, -0.2) is 40.7 Å². The largest absolute Gasteiger partial charge is 0.350 e. The molecule has 1 aliphatic heterocycles. The lowest BCUT2D eigenvalue weighted by Gasteiger charge is -2.35. The second kappa shape index (κ2) is 11.6. The molecule has 8 heteroatoms. The number of amides is 3. The van der Waals surface area contributed by atoms with Crippen LogP contribution in [0.25, 0.3) is 10.8 Å². The maximum absolute atomic E-state index is 14.3. The fourth-order valence-corrected chi connectivity index (χ4v) is 5.52. The third-order valence-electron chi connectivity index (χ3n) is 7.05. The van der Waals surface area contributed by atoms with Crippen LogP contribution in [0, 0.1) is 0 Å². The Kier molecular flexibility index (Phi) is 8.07. The molecule has 1 heterocycles. The average molecular weight is 589 g/mol. The number of carbonyl (C=O) groups excluding carboxylic acids is 3. The SMILES string of the molecule is CC(C)(C)NC(=O)[C@@H](Cc1ccccc1)N(Cc1ccc(Cl)c(Cl)c1)C(=O)CN1C(=O)c2cccc3cccc1c23. The summed E-state index contributed by atoms with van der Waals surface area (Å²) in [6.45, 7) is 5.58. The molecule has 210 valence electrons. The van der Waals surface area contributed by atoms with Gasteiger partial charge in [0.25, 0.3) is 5.91 Å². The van der Waals surface area contributed by atoms with E-state index >= 15 is 0 Å². The van der Waals surface area contributed by atoms with Gasteiger partial charge in [-0.05, 0) is 61.5 Å². The average Bonchev–Trinajstić information content (AvgIpc) is 3.20. The van der Waals surface area contributed by atoms with Gasteiger partial charge < -0.3 is 10.2 Å². The first-order chi connectivity index (χ1) is 19.5. The number of halogens is 2. The van der Waals surface area contributed by atoms with Gasteiger partial charge in [-0.15, -0.1) is 0 Å². The summed E-state index contributed by atoms with van der Waals surface area (Å²) in [5.74, 6) is -0.884. The zero-order valence-electron chi connectivity index (χ0n) is 23.2. The van der Waals surface area contributed by atoms with Crippen molar-refractivity contribution in [2.45, 2.75) is 45.3 Å². The number of nitrogens with one attached hydrogen (secondary N) is 1. The highest BCUT2D eigenvalue weighted by Gasteiger charge is 2.36. The van der Waals surface area contributed by atoms with Gasteiger partial charge in [0, 0.05) is 29.5 Å². The van der Waals surface area contributed by atoms with Crippen LogP contribution >= 0.6 is 23.2 Å². The van der Waals surface area contributed by atoms with Crippen molar-refractivity contribution in [2.24, 2.45) is 0 Å². The number of nitrogens with zero attached hydrogens (tertiary/aromatic N) is 2. The van der Waals surface area contributed by atoms with Gasteiger partial charge in [0.2, 0.25) is 11.8 Å². The van der Waals surface area contributed by atoms with Crippen molar-refractivity contribution < 1.29 is 14.4 Å². The van der Waals surface area contributed by atoms with E-state index in [4.69, 9.17) is 23.2 Å². The molecule has 4 aromatic carbocycles. The number of hydrogen-bond acceptors (Lipinski definition) is 3. The molecule has 0 fully saturated rings. The van der Waals surface area contributed by atoms with E-state index in [2.05, 4.69) is 5.32 Å². The maximum atomic E-state index is 14.3. The molecule has 0 bridgehead atoms. The summed E-state index contributed by atoms with van der Waals surface area (Å²) < 4.78 is 0. The first kappa shape index (κ1) is 28.7. The van der Waals surface area contributed by atoms with Crippen LogP contribution in [0.15, 0.2) is 84.9 Å². The lowest BCUT2D eigenvalue weighted by atomic mass is 10.0. The molecule has 1 N–H and O–H groups in total. The van der Waals surface area contributed by atoms with Gasteiger partial charge in [-0.1, -0.05) is 83.9 Å². The van der Waals surface area contributed by atoms with E-state index in [1.54, 1.807) is 29.2 Å². The number of hydrogen-bond donors (Lipinski definition) is 1. The normalized spacial score (nSPS) is 13.4. The Bertz CT molecular complexity index is 1630. The second-order valence-electron chi connectivity index (χ2n) is 11.3. The lowest BCUT2D eigenvalue weighted by Crippen LogP contribution is -2.56. The Morgan fingerprint density at radius 3 is 2.27 bits per heavy atom. The first-order valence-electron chi connectivity index (χ1n) is 13.4. The minimum absolute atomic E-state index is 0.101. The Morgan fingerprint density at radius 2 is 1.59 bits per heavy atom. The molecule has 4 aromatic rings. The fraction of sp³-hybridized carbons (Fsp3) is 0.242. The minimum atomic E-state index is -0.852. The molecule has 0 spiro atoms. The van der Waals surface area contributed by atoms with E-state index in [-0.39, 0.29) is 30.8 Å². The van der Waals surface area contributed by atoms with Crippen molar-refractivity contribution in [3.8, 4) is 0 Å². The molecule has 0 saturated heterocycles. The quantitative estimate of drug-likeness (QED) is 0.250. The van der Waals surface area contributed by atoms with Crippen molar-refractivity contribution in [3.05, 3.63) is 112 Å². The highest BCUT2D eigenvalue weighted by Crippen LogP contribution is 2.37. The second-order valence-corrected chi connectivity index (χ2v) is 12.1. The molecule has 0 unspecified atom stereocenters. The summed E-state index contributed by atoms with van der Waals surface area (Å²) in [5, 5.41) is 5.57. The zero-order valence-corrected chi connectivity index (χ0v) is 24.7. The predicted octanol–water partition coefficient (Wildman–Crippen LogP) is 6.66.